The van der Waals surface area contributed by atoms with Gasteiger partial charge in [0.05, 0.1) is 5.97 Å². The van der Waals surface area contributed by atoms with Crippen LogP contribution < -0.4 is 27.0 Å². The van der Waals surface area contributed by atoms with Gasteiger partial charge in [-0.2, -0.15) is 0 Å². The first-order chi connectivity index (χ1) is 11.2. The van der Waals surface area contributed by atoms with E-state index in [1.807, 2.05) is 5.32 Å². The minimum atomic E-state index is -1.42. The molecule has 8 N–H and O–H groups in total. The number of carbonyl (C=O) groups is 5. The molecule has 0 fully saturated rings. The van der Waals surface area contributed by atoms with E-state index in [9.17, 15) is 29.1 Å². The van der Waals surface area contributed by atoms with Gasteiger partial charge < -0.3 is 31.4 Å². The lowest BCUT2D eigenvalue weighted by molar-refractivity contribution is -0.438. The SMILES string of the molecule is [NH3+]C(CCC(=O)NC(CCC(=O)NO)C(=O)NCC(=O)O)C(=O)[O-]. The molecule has 0 radical (unpaired) electrons. The molecule has 0 aromatic heterocycles. The highest BCUT2D eigenvalue weighted by atomic mass is 16.5. The van der Waals surface area contributed by atoms with Gasteiger partial charge in [0.2, 0.25) is 17.7 Å². The molecule has 0 aliphatic carbocycles. The maximum Gasteiger partial charge on any atom is 0.322 e. The molecule has 0 saturated carbocycles. The Labute approximate surface area is 136 Å². The molecule has 3 amide bonds. The van der Waals surface area contributed by atoms with E-state index in [4.69, 9.17) is 10.3 Å². The molecule has 12 heteroatoms. The molecule has 0 aliphatic heterocycles. The Bertz CT molecular complexity index is 495. The molecule has 0 saturated heterocycles. The number of nitrogens with one attached hydrogen (secondary N) is 3. The van der Waals surface area contributed by atoms with Crippen LogP contribution in [0.1, 0.15) is 25.7 Å². The first-order valence-electron chi connectivity index (χ1n) is 6.93. The van der Waals surface area contributed by atoms with Gasteiger partial charge in [0.15, 0.2) is 0 Å². The number of carboxylic acid groups (broad SMARTS) is 2. The summed E-state index contributed by atoms with van der Waals surface area (Å²) in [6, 6.07) is -2.32. The second kappa shape index (κ2) is 10.9. The zero-order valence-electron chi connectivity index (χ0n) is 12.7. The summed E-state index contributed by atoms with van der Waals surface area (Å²) in [5.41, 5.74) is 4.63. The van der Waals surface area contributed by atoms with Crippen molar-refractivity contribution in [2.24, 2.45) is 0 Å². The number of hydrogen-bond acceptors (Lipinski definition) is 7. The number of amides is 3. The third-order valence-corrected chi connectivity index (χ3v) is 2.90. The van der Waals surface area contributed by atoms with E-state index >= 15 is 0 Å². The van der Waals surface area contributed by atoms with E-state index in [0.29, 0.717) is 0 Å². The lowest BCUT2D eigenvalue weighted by Crippen LogP contribution is -2.68. The minimum Gasteiger partial charge on any atom is -0.544 e. The highest BCUT2D eigenvalue weighted by molar-refractivity contribution is 5.90. The molecule has 0 aromatic rings. The molecular weight excluding hydrogens is 328 g/mol. The Hall–Kier alpha value is -2.73. The van der Waals surface area contributed by atoms with Crippen molar-refractivity contribution in [1.82, 2.24) is 16.1 Å². The number of hydrogen-bond donors (Lipinski definition) is 6. The fraction of sp³-hybridized carbons (Fsp3) is 0.583. The first-order valence-corrected chi connectivity index (χ1v) is 6.93. The van der Waals surface area contributed by atoms with Gasteiger partial charge in [-0.25, -0.2) is 5.48 Å². The van der Waals surface area contributed by atoms with Crippen LogP contribution in [0.5, 0.6) is 0 Å². The summed E-state index contributed by atoms with van der Waals surface area (Å²) in [4.78, 5) is 55.5. The van der Waals surface area contributed by atoms with E-state index in [1.54, 1.807) is 0 Å². The summed E-state index contributed by atoms with van der Waals surface area (Å²) in [7, 11) is 0. The summed E-state index contributed by atoms with van der Waals surface area (Å²) >= 11 is 0. The molecule has 0 rings (SSSR count). The Morgan fingerprint density at radius 2 is 1.62 bits per heavy atom. The van der Waals surface area contributed by atoms with Crippen LogP contribution in [0.2, 0.25) is 0 Å². The Balaban J connectivity index is 4.63. The molecule has 24 heavy (non-hydrogen) atoms. The van der Waals surface area contributed by atoms with Crippen LogP contribution in [0, 0.1) is 0 Å². The van der Waals surface area contributed by atoms with Crippen molar-refractivity contribution in [2.45, 2.75) is 37.8 Å². The standard InChI is InChI=1S/C12H20N4O8/c13-6(12(22)23)1-3-8(17)15-7(2-4-9(18)16-24)11(21)14-5-10(19)20/h6-7,24H,1-5,13H2,(H,14,21)(H,15,17)(H,16,18)(H,19,20)(H,22,23). The largest absolute Gasteiger partial charge is 0.544 e. The smallest absolute Gasteiger partial charge is 0.322 e. The molecule has 2 unspecified atom stereocenters. The predicted molar refractivity (Wildman–Crippen MR) is 72.7 cm³/mol. The zero-order valence-corrected chi connectivity index (χ0v) is 12.7. The van der Waals surface area contributed by atoms with E-state index in [1.165, 1.54) is 5.48 Å². The maximum absolute atomic E-state index is 11.8. The molecule has 0 aliphatic rings. The quantitative estimate of drug-likeness (QED) is 0.157. The van der Waals surface area contributed by atoms with Crippen LogP contribution in [0.15, 0.2) is 0 Å². The molecule has 0 aromatic carbocycles. The van der Waals surface area contributed by atoms with E-state index in [-0.39, 0.29) is 25.7 Å². The second-order valence-electron chi connectivity index (χ2n) is 4.86. The van der Waals surface area contributed by atoms with Crippen molar-refractivity contribution in [3.63, 3.8) is 0 Å². The van der Waals surface area contributed by atoms with Gasteiger partial charge >= 0.3 is 5.97 Å². The number of rotatable bonds is 11. The van der Waals surface area contributed by atoms with Crippen LogP contribution in [0.3, 0.4) is 0 Å². The number of aliphatic carboxylic acids is 2. The molecule has 136 valence electrons. The van der Waals surface area contributed by atoms with Crippen LogP contribution in [0.4, 0.5) is 0 Å². The number of quaternary nitrogens is 1. The van der Waals surface area contributed by atoms with Gasteiger partial charge in [-0.3, -0.25) is 24.4 Å². The molecule has 2 atom stereocenters. The normalized spacial score (nSPS) is 12.6. The highest BCUT2D eigenvalue weighted by Gasteiger charge is 2.22. The summed E-state index contributed by atoms with van der Waals surface area (Å²) in [5.74, 6) is -5.02. The van der Waals surface area contributed by atoms with E-state index < -0.39 is 48.3 Å². The van der Waals surface area contributed by atoms with Gasteiger partial charge in [0.25, 0.3) is 0 Å². The lowest BCUT2D eigenvalue weighted by Gasteiger charge is -2.18. The van der Waals surface area contributed by atoms with Crippen molar-refractivity contribution < 1.29 is 45.1 Å². The van der Waals surface area contributed by atoms with Crippen LogP contribution >= 0.6 is 0 Å². The summed E-state index contributed by atoms with van der Waals surface area (Å²) in [6.07, 6.45) is -0.872. The van der Waals surface area contributed by atoms with Crippen LogP contribution in [-0.4, -0.2) is 58.6 Å². The predicted octanol–water partition coefficient (Wildman–Crippen LogP) is -4.90. The zero-order chi connectivity index (χ0) is 18.7. The fourth-order valence-electron chi connectivity index (χ4n) is 1.58. The maximum atomic E-state index is 11.8. The molecule has 0 spiro atoms. The monoisotopic (exact) mass is 348 g/mol. The van der Waals surface area contributed by atoms with E-state index in [0.717, 1.165) is 0 Å². The van der Waals surface area contributed by atoms with Gasteiger partial charge in [0.1, 0.15) is 18.6 Å². The summed E-state index contributed by atoms with van der Waals surface area (Å²) in [5, 5.41) is 31.7. The highest BCUT2D eigenvalue weighted by Crippen LogP contribution is 2.01. The van der Waals surface area contributed by atoms with Gasteiger partial charge in [-0.1, -0.05) is 0 Å². The molecule has 0 heterocycles. The van der Waals surface area contributed by atoms with Crippen LogP contribution in [-0.2, 0) is 24.0 Å². The number of carbonyl (C=O) groups excluding carboxylic acids is 4. The Kier molecular flexibility index (Phi) is 9.67. The average molecular weight is 348 g/mol. The summed E-state index contributed by atoms with van der Waals surface area (Å²) < 4.78 is 0. The van der Waals surface area contributed by atoms with Gasteiger partial charge in [0, 0.05) is 19.3 Å². The molecular formula is C12H20N4O8. The average Bonchev–Trinajstić information content (AvgIpc) is 2.53. The Morgan fingerprint density at radius 1 is 1.04 bits per heavy atom. The van der Waals surface area contributed by atoms with Crippen molar-refractivity contribution in [2.75, 3.05) is 6.54 Å². The number of hydroxylamine groups is 1. The second-order valence-corrected chi connectivity index (χ2v) is 4.86. The topological polar surface area (TPSA) is 213 Å². The fourth-order valence-corrected chi connectivity index (χ4v) is 1.58. The van der Waals surface area contributed by atoms with Crippen molar-refractivity contribution in [1.29, 1.82) is 0 Å². The first kappa shape index (κ1) is 21.3. The molecule has 0 bridgehead atoms. The van der Waals surface area contributed by atoms with E-state index in [2.05, 4.69) is 11.1 Å². The third-order valence-electron chi connectivity index (χ3n) is 2.90. The third kappa shape index (κ3) is 9.32. The number of carboxylic acids is 2. The Morgan fingerprint density at radius 3 is 2.12 bits per heavy atom. The summed E-state index contributed by atoms with van der Waals surface area (Å²) in [6.45, 7) is -0.678. The minimum absolute atomic E-state index is 0.116. The lowest BCUT2D eigenvalue weighted by atomic mass is 10.1. The molecule has 12 nitrogen and oxygen atoms in total. The van der Waals surface area contributed by atoms with Crippen LogP contribution in [0.25, 0.3) is 0 Å². The van der Waals surface area contributed by atoms with Crippen molar-refractivity contribution >= 4 is 29.7 Å². The van der Waals surface area contributed by atoms with Gasteiger partial charge in [-0.15, -0.1) is 0 Å². The van der Waals surface area contributed by atoms with Gasteiger partial charge in [-0.05, 0) is 6.42 Å². The van der Waals surface area contributed by atoms with Crippen molar-refractivity contribution in [3.05, 3.63) is 0 Å². The van der Waals surface area contributed by atoms with Crippen molar-refractivity contribution in [3.8, 4) is 0 Å².